The van der Waals surface area contributed by atoms with Crippen LogP contribution < -0.4 is 4.90 Å². The molecule has 0 radical (unpaired) electrons. The molecule has 0 heterocycles. The summed E-state index contributed by atoms with van der Waals surface area (Å²) in [6.45, 7) is 11.2. The van der Waals surface area contributed by atoms with Gasteiger partial charge in [-0.25, -0.2) is 0 Å². The Morgan fingerprint density at radius 1 is 0.800 bits per heavy atom. The molecule has 0 spiro atoms. The highest BCUT2D eigenvalue weighted by Crippen LogP contribution is 2.34. The van der Waals surface area contributed by atoms with Gasteiger partial charge in [0.15, 0.2) is 0 Å². The second kappa shape index (κ2) is 6.13. The minimum absolute atomic E-state index is 0.486. The highest BCUT2D eigenvalue weighted by Gasteiger charge is 2.18. The lowest BCUT2D eigenvalue weighted by atomic mass is 9.99. The van der Waals surface area contributed by atoms with Gasteiger partial charge in [0, 0.05) is 23.3 Å². The SMILES string of the molecule is Cc1ccc(N(C(C)C)C(C)C)c(-c2ccccc2)c1. The summed E-state index contributed by atoms with van der Waals surface area (Å²) in [5.41, 5.74) is 5.25. The second-order valence-corrected chi connectivity index (χ2v) is 5.98. The number of anilines is 1. The van der Waals surface area contributed by atoms with E-state index in [-0.39, 0.29) is 0 Å². The Kier molecular flexibility index (Phi) is 4.49. The molecule has 0 saturated heterocycles. The van der Waals surface area contributed by atoms with Gasteiger partial charge in [0.1, 0.15) is 0 Å². The van der Waals surface area contributed by atoms with Gasteiger partial charge in [0.2, 0.25) is 0 Å². The van der Waals surface area contributed by atoms with Crippen molar-refractivity contribution in [2.45, 2.75) is 46.7 Å². The fourth-order valence-electron chi connectivity index (χ4n) is 2.88. The predicted octanol–water partition coefficient (Wildman–Crippen LogP) is 5.29. The highest BCUT2D eigenvalue weighted by molar-refractivity contribution is 5.79. The van der Waals surface area contributed by atoms with Crippen LogP contribution in [0.25, 0.3) is 11.1 Å². The van der Waals surface area contributed by atoms with Crippen molar-refractivity contribution < 1.29 is 0 Å². The number of hydrogen-bond acceptors (Lipinski definition) is 1. The number of hydrogen-bond donors (Lipinski definition) is 0. The third-order valence-electron chi connectivity index (χ3n) is 3.63. The summed E-state index contributed by atoms with van der Waals surface area (Å²) in [6.07, 6.45) is 0. The molecule has 1 heteroatoms. The molecule has 0 aromatic heterocycles. The molecule has 2 aromatic rings. The van der Waals surface area contributed by atoms with Gasteiger partial charge in [-0.15, -0.1) is 0 Å². The van der Waals surface area contributed by atoms with E-state index in [4.69, 9.17) is 0 Å². The maximum absolute atomic E-state index is 2.49. The first-order valence-electron chi connectivity index (χ1n) is 7.45. The van der Waals surface area contributed by atoms with Crippen LogP contribution in [0.15, 0.2) is 48.5 Å². The van der Waals surface area contributed by atoms with E-state index < -0.39 is 0 Å². The molecule has 0 aliphatic rings. The fraction of sp³-hybridized carbons (Fsp3) is 0.368. The van der Waals surface area contributed by atoms with Crippen molar-refractivity contribution in [3.05, 3.63) is 54.1 Å². The Bertz CT molecular complexity index is 547. The van der Waals surface area contributed by atoms with Crippen molar-refractivity contribution in [1.82, 2.24) is 0 Å². The average Bonchev–Trinajstić information content (AvgIpc) is 2.41. The fourth-order valence-corrected chi connectivity index (χ4v) is 2.88. The van der Waals surface area contributed by atoms with E-state index in [1.165, 1.54) is 22.4 Å². The van der Waals surface area contributed by atoms with Crippen LogP contribution in [0.4, 0.5) is 5.69 Å². The van der Waals surface area contributed by atoms with E-state index in [1.807, 2.05) is 0 Å². The van der Waals surface area contributed by atoms with E-state index in [0.717, 1.165) is 0 Å². The third-order valence-corrected chi connectivity index (χ3v) is 3.63. The van der Waals surface area contributed by atoms with Gasteiger partial charge in [0.05, 0.1) is 0 Å². The Hall–Kier alpha value is -1.76. The van der Waals surface area contributed by atoms with Crippen molar-refractivity contribution >= 4 is 5.69 Å². The average molecular weight is 267 g/mol. The molecular weight excluding hydrogens is 242 g/mol. The molecule has 2 rings (SSSR count). The molecule has 20 heavy (non-hydrogen) atoms. The molecule has 0 saturated carbocycles. The summed E-state index contributed by atoms with van der Waals surface area (Å²) in [6, 6.07) is 18.4. The van der Waals surface area contributed by atoms with Gasteiger partial charge in [-0.1, -0.05) is 42.0 Å². The van der Waals surface area contributed by atoms with Crippen LogP contribution in [0.2, 0.25) is 0 Å². The van der Waals surface area contributed by atoms with Crippen molar-refractivity contribution in [3.8, 4) is 11.1 Å². The number of rotatable bonds is 4. The number of benzene rings is 2. The van der Waals surface area contributed by atoms with Gasteiger partial charge in [-0.05, 0) is 52.3 Å². The molecule has 0 aliphatic heterocycles. The minimum atomic E-state index is 0.486. The van der Waals surface area contributed by atoms with Gasteiger partial charge < -0.3 is 4.90 Å². The standard InChI is InChI=1S/C19H25N/c1-14(2)20(15(3)4)19-12-11-16(5)13-18(19)17-9-7-6-8-10-17/h6-15H,1-5H3. The normalized spacial score (nSPS) is 11.2. The van der Waals surface area contributed by atoms with E-state index in [2.05, 4.69) is 88.0 Å². The molecule has 0 atom stereocenters. The Labute approximate surface area is 123 Å². The molecule has 0 unspecified atom stereocenters. The molecule has 0 N–H and O–H groups in total. The molecule has 2 aromatic carbocycles. The summed E-state index contributed by atoms with van der Waals surface area (Å²) < 4.78 is 0. The summed E-state index contributed by atoms with van der Waals surface area (Å²) >= 11 is 0. The summed E-state index contributed by atoms with van der Waals surface area (Å²) in [7, 11) is 0. The maximum atomic E-state index is 2.49. The zero-order valence-electron chi connectivity index (χ0n) is 13.2. The third kappa shape index (κ3) is 3.04. The monoisotopic (exact) mass is 267 g/mol. The van der Waals surface area contributed by atoms with Gasteiger partial charge in [-0.2, -0.15) is 0 Å². The van der Waals surface area contributed by atoms with Crippen molar-refractivity contribution in [2.24, 2.45) is 0 Å². The molecule has 1 nitrogen and oxygen atoms in total. The van der Waals surface area contributed by atoms with Crippen LogP contribution in [0.3, 0.4) is 0 Å². The lowest BCUT2D eigenvalue weighted by Crippen LogP contribution is -2.37. The number of nitrogens with zero attached hydrogens (tertiary/aromatic N) is 1. The van der Waals surface area contributed by atoms with E-state index >= 15 is 0 Å². The Morgan fingerprint density at radius 3 is 1.95 bits per heavy atom. The largest absolute Gasteiger partial charge is 0.366 e. The zero-order chi connectivity index (χ0) is 14.7. The van der Waals surface area contributed by atoms with Crippen molar-refractivity contribution in [2.75, 3.05) is 4.90 Å². The molecule has 0 fully saturated rings. The van der Waals surface area contributed by atoms with Crippen LogP contribution in [-0.2, 0) is 0 Å². The first-order chi connectivity index (χ1) is 9.50. The van der Waals surface area contributed by atoms with Crippen LogP contribution >= 0.6 is 0 Å². The van der Waals surface area contributed by atoms with E-state index in [9.17, 15) is 0 Å². The molecule has 0 bridgehead atoms. The van der Waals surface area contributed by atoms with Crippen molar-refractivity contribution in [3.63, 3.8) is 0 Å². The second-order valence-electron chi connectivity index (χ2n) is 5.98. The van der Waals surface area contributed by atoms with Crippen LogP contribution in [-0.4, -0.2) is 12.1 Å². The van der Waals surface area contributed by atoms with E-state index in [1.54, 1.807) is 0 Å². The molecule has 106 valence electrons. The summed E-state index contributed by atoms with van der Waals surface area (Å²) in [5, 5.41) is 0. The van der Waals surface area contributed by atoms with Gasteiger partial charge in [0.25, 0.3) is 0 Å². The predicted molar refractivity (Wildman–Crippen MR) is 89.4 cm³/mol. The van der Waals surface area contributed by atoms with Gasteiger partial charge in [-0.3, -0.25) is 0 Å². The Morgan fingerprint density at radius 2 is 1.40 bits per heavy atom. The summed E-state index contributed by atoms with van der Waals surface area (Å²) in [4.78, 5) is 2.49. The number of aryl methyl sites for hydroxylation is 1. The molecule has 0 aliphatic carbocycles. The first kappa shape index (κ1) is 14.6. The minimum Gasteiger partial charge on any atom is -0.366 e. The van der Waals surface area contributed by atoms with Crippen LogP contribution in [0.5, 0.6) is 0 Å². The molecular formula is C19H25N. The van der Waals surface area contributed by atoms with Crippen molar-refractivity contribution in [1.29, 1.82) is 0 Å². The smallest absolute Gasteiger partial charge is 0.0450 e. The maximum Gasteiger partial charge on any atom is 0.0450 e. The first-order valence-corrected chi connectivity index (χ1v) is 7.45. The lowest BCUT2D eigenvalue weighted by Gasteiger charge is -2.35. The topological polar surface area (TPSA) is 3.24 Å². The van der Waals surface area contributed by atoms with E-state index in [0.29, 0.717) is 12.1 Å². The van der Waals surface area contributed by atoms with Crippen LogP contribution in [0.1, 0.15) is 33.3 Å². The lowest BCUT2D eigenvalue weighted by molar-refractivity contribution is 0.608. The Balaban J connectivity index is 2.59. The summed E-state index contributed by atoms with van der Waals surface area (Å²) in [5.74, 6) is 0. The van der Waals surface area contributed by atoms with Gasteiger partial charge >= 0.3 is 0 Å². The highest BCUT2D eigenvalue weighted by atomic mass is 15.2. The zero-order valence-corrected chi connectivity index (χ0v) is 13.2. The quantitative estimate of drug-likeness (QED) is 0.728. The van der Waals surface area contributed by atoms with Crippen LogP contribution in [0, 0.1) is 6.92 Å². The molecule has 0 amide bonds.